The highest BCUT2D eigenvalue weighted by Gasteiger charge is 2.13. The largest absolute Gasteiger partial charge is 0.457 e. The van der Waals surface area contributed by atoms with E-state index in [4.69, 9.17) is 4.74 Å². The predicted octanol–water partition coefficient (Wildman–Crippen LogP) is 4.72. The van der Waals surface area contributed by atoms with Crippen LogP contribution in [0.2, 0.25) is 0 Å². The number of benzene rings is 2. The lowest BCUT2D eigenvalue weighted by Crippen LogP contribution is -2.02. The van der Waals surface area contributed by atoms with Gasteiger partial charge in [-0.25, -0.2) is 4.98 Å². The third-order valence-corrected chi connectivity index (χ3v) is 3.61. The Morgan fingerprint density at radius 3 is 2.36 bits per heavy atom. The van der Waals surface area contributed by atoms with Crippen LogP contribution in [0.1, 0.15) is 17.4 Å². The predicted molar refractivity (Wildman–Crippen MR) is 89.0 cm³/mol. The van der Waals surface area contributed by atoms with E-state index in [1.165, 1.54) is 0 Å². The van der Waals surface area contributed by atoms with E-state index in [9.17, 15) is 5.11 Å². The molecule has 1 N–H and O–H groups in total. The summed E-state index contributed by atoms with van der Waals surface area (Å²) in [6.07, 6.45) is -0.795. The second-order valence-corrected chi connectivity index (χ2v) is 5.59. The third kappa shape index (κ3) is 3.53. The van der Waals surface area contributed by atoms with Gasteiger partial charge < -0.3 is 9.84 Å². The molecule has 3 nitrogen and oxygen atoms in total. The normalized spacial score (nSPS) is 11.9. The number of para-hydroxylation sites is 1. The zero-order chi connectivity index (χ0) is 15.4. The van der Waals surface area contributed by atoms with Crippen LogP contribution in [0.15, 0.2) is 77.4 Å². The van der Waals surface area contributed by atoms with Gasteiger partial charge in [-0.15, -0.1) is 0 Å². The molecule has 0 saturated carbocycles. The summed E-state index contributed by atoms with van der Waals surface area (Å²) in [6, 6.07) is 22.4. The van der Waals surface area contributed by atoms with Crippen molar-refractivity contribution in [2.75, 3.05) is 0 Å². The van der Waals surface area contributed by atoms with Gasteiger partial charge in [0.05, 0.1) is 5.69 Å². The lowest BCUT2D eigenvalue weighted by Gasteiger charge is -2.12. The molecule has 3 rings (SSSR count). The van der Waals surface area contributed by atoms with E-state index in [0.717, 1.165) is 11.3 Å². The molecule has 0 aliphatic carbocycles. The summed E-state index contributed by atoms with van der Waals surface area (Å²) in [4.78, 5) is 4.29. The van der Waals surface area contributed by atoms with E-state index in [2.05, 4.69) is 20.9 Å². The Morgan fingerprint density at radius 2 is 1.59 bits per heavy atom. The Kier molecular flexibility index (Phi) is 4.51. The summed E-state index contributed by atoms with van der Waals surface area (Å²) in [6.45, 7) is 0. The second kappa shape index (κ2) is 6.73. The molecule has 22 heavy (non-hydrogen) atoms. The highest BCUT2D eigenvalue weighted by molar-refractivity contribution is 9.10. The highest BCUT2D eigenvalue weighted by atomic mass is 79.9. The highest BCUT2D eigenvalue weighted by Crippen LogP contribution is 2.27. The zero-order valence-corrected chi connectivity index (χ0v) is 13.3. The summed E-state index contributed by atoms with van der Waals surface area (Å²) >= 11 is 3.31. The Balaban J connectivity index is 1.84. The van der Waals surface area contributed by atoms with Crippen molar-refractivity contribution in [3.63, 3.8) is 0 Å². The van der Waals surface area contributed by atoms with Crippen molar-refractivity contribution in [3.05, 3.63) is 88.7 Å². The van der Waals surface area contributed by atoms with Gasteiger partial charge in [0.15, 0.2) is 0 Å². The Hall–Kier alpha value is -2.17. The molecule has 0 bridgehead atoms. The SMILES string of the molecule is OC(c1cccc(Oc2ccccc2)c1)c1cccc(Br)n1. The molecule has 1 aromatic heterocycles. The van der Waals surface area contributed by atoms with Crippen molar-refractivity contribution in [2.24, 2.45) is 0 Å². The molecule has 0 aliphatic rings. The molecule has 1 unspecified atom stereocenters. The van der Waals surface area contributed by atoms with Gasteiger partial charge >= 0.3 is 0 Å². The van der Waals surface area contributed by atoms with Crippen LogP contribution in [-0.4, -0.2) is 10.1 Å². The molecule has 3 aromatic rings. The van der Waals surface area contributed by atoms with E-state index in [1.54, 1.807) is 6.07 Å². The maximum Gasteiger partial charge on any atom is 0.127 e. The van der Waals surface area contributed by atoms with Crippen LogP contribution in [0.3, 0.4) is 0 Å². The number of aliphatic hydroxyl groups is 1. The van der Waals surface area contributed by atoms with Crippen molar-refractivity contribution in [1.82, 2.24) is 4.98 Å². The van der Waals surface area contributed by atoms with Gasteiger partial charge in [0.25, 0.3) is 0 Å². The fourth-order valence-corrected chi connectivity index (χ4v) is 2.48. The second-order valence-electron chi connectivity index (χ2n) is 4.78. The first kappa shape index (κ1) is 14.8. The molecule has 0 spiro atoms. The molecule has 0 saturated heterocycles. The smallest absolute Gasteiger partial charge is 0.127 e. The minimum Gasteiger partial charge on any atom is -0.457 e. The third-order valence-electron chi connectivity index (χ3n) is 3.17. The van der Waals surface area contributed by atoms with Crippen LogP contribution in [0.25, 0.3) is 0 Å². The minimum absolute atomic E-state index is 0.589. The number of nitrogens with zero attached hydrogens (tertiary/aromatic N) is 1. The van der Waals surface area contributed by atoms with Crippen LogP contribution in [0.5, 0.6) is 11.5 Å². The fraction of sp³-hybridized carbons (Fsp3) is 0.0556. The van der Waals surface area contributed by atoms with Gasteiger partial charge in [-0.1, -0.05) is 36.4 Å². The molecular formula is C18H14BrNO2. The summed E-state index contributed by atoms with van der Waals surface area (Å²) in [7, 11) is 0. The van der Waals surface area contributed by atoms with Crippen LogP contribution >= 0.6 is 15.9 Å². The lowest BCUT2D eigenvalue weighted by atomic mass is 10.1. The Morgan fingerprint density at radius 1 is 0.864 bits per heavy atom. The monoisotopic (exact) mass is 355 g/mol. The van der Waals surface area contributed by atoms with Crippen molar-refractivity contribution >= 4 is 15.9 Å². The van der Waals surface area contributed by atoms with Crippen molar-refractivity contribution in [3.8, 4) is 11.5 Å². The van der Waals surface area contributed by atoms with Gasteiger partial charge in [0.2, 0.25) is 0 Å². The number of hydrogen-bond donors (Lipinski definition) is 1. The maximum atomic E-state index is 10.5. The van der Waals surface area contributed by atoms with Crippen LogP contribution < -0.4 is 4.74 Å². The van der Waals surface area contributed by atoms with Crippen molar-refractivity contribution in [2.45, 2.75) is 6.10 Å². The molecular weight excluding hydrogens is 342 g/mol. The van der Waals surface area contributed by atoms with Crippen LogP contribution in [0, 0.1) is 0 Å². The summed E-state index contributed by atoms with van der Waals surface area (Å²) < 4.78 is 6.48. The molecule has 0 amide bonds. The van der Waals surface area contributed by atoms with Gasteiger partial charge in [-0.05, 0) is 57.9 Å². The topological polar surface area (TPSA) is 42.4 Å². The van der Waals surface area contributed by atoms with Gasteiger partial charge in [-0.3, -0.25) is 0 Å². The standard InChI is InChI=1S/C18H14BrNO2/c19-17-11-5-10-16(20-17)18(21)13-6-4-9-15(12-13)22-14-7-2-1-3-8-14/h1-12,18,21H. The number of halogens is 1. The minimum atomic E-state index is -0.795. The lowest BCUT2D eigenvalue weighted by molar-refractivity contribution is 0.215. The van der Waals surface area contributed by atoms with Gasteiger partial charge in [0.1, 0.15) is 22.2 Å². The molecule has 2 aromatic carbocycles. The molecule has 1 heterocycles. The molecule has 0 fully saturated rings. The maximum absolute atomic E-state index is 10.5. The van der Waals surface area contributed by atoms with Gasteiger partial charge in [-0.2, -0.15) is 0 Å². The summed E-state index contributed by atoms with van der Waals surface area (Å²) in [5, 5.41) is 10.5. The molecule has 0 aliphatic heterocycles. The number of aromatic nitrogens is 1. The van der Waals surface area contributed by atoms with E-state index >= 15 is 0 Å². The average Bonchev–Trinajstić information content (AvgIpc) is 2.55. The quantitative estimate of drug-likeness (QED) is 0.688. The first-order chi connectivity index (χ1) is 10.7. The van der Waals surface area contributed by atoms with Gasteiger partial charge in [0, 0.05) is 0 Å². The molecule has 1 atom stereocenters. The zero-order valence-electron chi connectivity index (χ0n) is 11.7. The van der Waals surface area contributed by atoms with E-state index in [-0.39, 0.29) is 0 Å². The van der Waals surface area contributed by atoms with Crippen molar-refractivity contribution in [1.29, 1.82) is 0 Å². The number of rotatable bonds is 4. The van der Waals surface area contributed by atoms with E-state index in [1.807, 2.05) is 66.7 Å². The van der Waals surface area contributed by atoms with Crippen molar-refractivity contribution < 1.29 is 9.84 Å². The van der Waals surface area contributed by atoms with Crippen LogP contribution in [0.4, 0.5) is 0 Å². The Bertz CT molecular complexity index is 762. The average molecular weight is 356 g/mol. The number of pyridine rings is 1. The van der Waals surface area contributed by atoms with E-state index in [0.29, 0.717) is 16.0 Å². The fourth-order valence-electron chi connectivity index (χ4n) is 2.12. The Labute approximate surface area is 137 Å². The first-order valence-electron chi connectivity index (χ1n) is 6.86. The number of ether oxygens (including phenoxy) is 1. The van der Waals surface area contributed by atoms with E-state index < -0.39 is 6.10 Å². The number of aliphatic hydroxyl groups excluding tert-OH is 1. The summed E-state index contributed by atoms with van der Waals surface area (Å²) in [5.41, 5.74) is 1.32. The first-order valence-corrected chi connectivity index (χ1v) is 7.65. The molecule has 4 heteroatoms. The summed E-state index contributed by atoms with van der Waals surface area (Å²) in [5.74, 6) is 1.44. The molecule has 110 valence electrons. The number of hydrogen-bond acceptors (Lipinski definition) is 3. The van der Waals surface area contributed by atoms with Crippen LogP contribution in [-0.2, 0) is 0 Å². The molecule has 0 radical (unpaired) electrons.